The van der Waals surface area contributed by atoms with Crippen LogP contribution in [-0.2, 0) is 0 Å². The number of ether oxygens (including phenoxy) is 1. The molecule has 1 unspecified atom stereocenters. The Morgan fingerprint density at radius 1 is 1.06 bits per heavy atom. The molecule has 0 radical (unpaired) electrons. The lowest BCUT2D eigenvalue weighted by atomic mass is 10.1. The number of aliphatic hydroxyl groups excluding tert-OH is 1. The summed E-state index contributed by atoms with van der Waals surface area (Å²) in [5.74, 6) is 0.773. The summed E-state index contributed by atoms with van der Waals surface area (Å²) in [7, 11) is 0. The number of thiazole rings is 1. The number of hydrogen-bond donors (Lipinski definition) is 2. The molecule has 5 aromatic rings. The average Bonchev–Trinajstić information content (AvgIpc) is 3.44. The van der Waals surface area contributed by atoms with Gasteiger partial charge in [-0.1, -0.05) is 18.2 Å². The molecule has 0 aliphatic rings. The number of rotatable bonds is 8. The summed E-state index contributed by atoms with van der Waals surface area (Å²) in [5, 5.41) is 15.3. The second kappa shape index (κ2) is 9.35. The largest absolute Gasteiger partial charge is 0.491 e. The van der Waals surface area contributed by atoms with Crippen LogP contribution in [0.15, 0.2) is 78.4 Å². The highest BCUT2D eigenvalue weighted by Gasteiger charge is 2.18. The lowest BCUT2D eigenvalue weighted by molar-refractivity contribution is 0.117. The fraction of sp³-hybridized carbons (Fsp3) is 0.125. The molecular weight excluding hydrogens is 441 g/mol. The monoisotopic (exact) mass is 461 g/mol. The average molecular weight is 462 g/mol. The highest BCUT2D eigenvalue weighted by Crippen LogP contribution is 2.33. The van der Waals surface area contributed by atoms with Crippen LogP contribution in [0.25, 0.3) is 27.6 Å². The van der Waals surface area contributed by atoms with Crippen LogP contribution < -0.4 is 10.1 Å². The molecule has 0 spiro atoms. The predicted molar refractivity (Wildman–Crippen MR) is 126 cm³/mol. The molecule has 166 valence electrons. The molecular formula is C24H20FN5O2S. The Bertz CT molecular complexity index is 1350. The molecule has 1 atom stereocenters. The summed E-state index contributed by atoms with van der Waals surface area (Å²) in [6, 6.07) is 17.4. The van der Waals surface area contributed by atoms with Gasteiger partial charge in [0.15, 0.2) is 4.96 Å². The topological polar surface area (TPSA) is 84.6 Å². The van der Waals surface area contributed by atoms with Crippen molar-refractivity contribution in [3.8, 4) is 28.4 Å². The van der Waals surface area contributed by atoms with Gasteiger partial charge in [-0.15, -0.1) is 11.3 Å². The molecule has 3 heterocycles. The molecule has 2 aromatic carbocycles. The van der Waals surface area contributed by atoms with Crippen molar-refractivity contribution < 1.29 is 14.2 Å². The van der Waals surface area contributed by atoms with Gasteiger partial charge in [-0.2, -0.15) is 0 Å². The van der Waals surface area contributed by atoms with E-state index in [1.54, 1.807) is 24.4 Å². The third-order valence-electron chi connectivity index (χ3n) is 4.96. The van der Waals surface area contributed by atoms with Gasteiger partial charge in [-0.3, -0.25) is 4.40 Å². The quantitative estimate of drug-likeness (QED) is 0.354. The van der Waals surface area contributed by atoms with E-state index < -0.39 is 6.10 Å². The Morgan fingerprint density at radius 3 is 2.70 bits per heavy atom. The second-order valence-electron chi connectivity index (χ2n) is 7.30. The maximum Gasteiger partial charge on any atom is 0.223 e. The number of nitrogens with zero attached hydrogens (tertiary/aromatic N) is 4. The predicted octanol–water partition coefficient (Wildman–Crippen LogP) is 4.51. The number of hydrogen-bond acceptors (Lipinski definition) is 7. The van der Waals surface area contributed by atoms with E-state index in [0.717, 1.165) is 16.2 Å². The minimum atomic E-state index is -0.745. The van der Waals surface area contributed by atoms with Gasteiger partial charge in [0.25, 0.3) is 0 Å². The Kier molecular flexibility index (Phi) is 5.97. The second-order valence-corrected chi connectivity index (χ2v) is 8.17. The van der Waals surface area contributed by atoms with Crippen molar-refractivity contribution in [1.82, 2.24) is 19.4 Å². The highest BCUT2D eigenvalue weighted by atomic mass is 32.1. The van der Waals surface area contributed by atoms with Crippen molar-refractivity contribution in [2.75, 3.05) is 18.5 Å². The van der Waals surface area contributed by atoms with Crippen molar-refractivity contribution >= 4 is 22.2 Å². The normalized spacial score (nSPS) is 12.1. The minimum absolute atomic E-state index is 0.142. The first-order chi connectivity index (χ1) is 16.2. The number of fused-ring (bicyclic) bond motifs is 1. The fourth-order valence-corrected chi connectivity index (χ4v) is 4.11. The Labute approximate surface area is 193 Å². The molecule has 7 nitrogen and oxygen atoms in total. The van der Waals surface area contributed by atoms with Gasteiger partial charge in [-0.05, 0) is 42.5 Å². The number of nitrogens with one attached hydrogen (secondary N) is 1. The number of aromatic nitrogens is 4. The standard InChI is InChI=1S/C24H20FN5O2S/c25-17-8-6-16(7-9-17)21-22(30-12-13-33-24(30)29-21)20-10-11-26-23(28-20)27-14-18(31)15-32-19-4-2-1-3-5-19/h1-13,18,31H,14-15H2,(H,26,27,28). The maximum atomic E-state index is 13.4. The zero-order valence-corrected chi connectivity index (χ0v) is 18.2. The van der Waals surface area contributed by atoms with Crippen molar-refractivity contribution in [2.45, 2.75) is 6.10 Å². The van der Waals surface area contributed by atoms with Gasteiger partial charge in [0.1, 0.15) is 30.0 Å². The molecule has 0 fully saturated rings. The number of aliphatic hydroxyl groups is 1. The lowest BCUT2D eigenvalue weighted by Crippen LogP contribution is -2.27. The van der Waals surface area contributed by atoms with Crippen molar-refractivity contribution in [3.05, 3.63) is 84.3 Å². The summed E-state index contributed by atoms with van der Waals surface area (Å²) >= 11 is 1.51. The molecule has 0 bridgehead atoms. The van der Waals surface area contributed by atoms with Gasteiger partial charge in [0, 0.05) is 29.9 Å². The van der Waals surface area contributed by atoms with Crippen LogP contribution in [0.5, 0.6) is 5.75 Å². The van der Waals surface area contributed by atoms with Crippen LogP contribution in [0, 0.1) is 5.82 Å². The van der Waals surface area contributed by atoms with Gasteiger partial charge in [0.05, 0.1) is 11.4 Å². The van der Waals surface area contributed by atoms with Gasteiger partial charge >= 0.3 is 0 Å². The van der Waals surface area contributed by atoms with Gasteiger partial charge < -0.3 is 15.2 Å². The first kappa shape index (κ1) is 21.0. The first-order valence-electron chi connectivity index (χ1n) is 10.3. The fourth-order valence-electron chi connectivity index (χ4n) is 3.39. The van der Waals surface area contributed by atoms with Crippen molar-refractivity contribution in [1.29, 1.82) is 0 Å². The van der Waals surface area contributed by atoms with E-state index >= 15 is 0 Å². The summed E-state index contributed by atoms with van der Waals surface area (Å²) in [5.41, 5.74) is 2.95. The molecule has 9 heteroatoms. The SMILES string of the molecule is OC(CNc1nccc(-c2c(-c3ccc(F)cc3)nc3sccn23)n1)COc1ccccc1. The summed E-state index contributed by atoms with van der Waals surface area (Å²) < 4.78 is 21.0. The van der Waals surface area contributed by atoms with E-state index in [9.17, 15) is 9.50 Å². The summed E-state index contributed by atoms with van der Waals surface area (Å²) in [4.78, 5) is 14.4. The van der Waals surface area contributed by atoms with Crippen LogP contribution in [0.1, 0.15) is 0 Å². The Balaban J connectivity index is 1.35. The third-order valence-corrected chi connectivity index (χ3v) is 5.72. The van der Waals surface area contributed by atoms with Crippen LogP contribution in [0.2, 0.25) is 0 Å². The third kappa shape index (κ3) is 4.69. The van der Waals surface area contributed by atoms with Crippen LogP contribution in [-0.4, -0.2) is 43.7 Å². The number of imidazole rings is 1. The van der Waals surface area contributed by atoms with Crippen molar-refractivity contribution in [3.63, 3.8) is 0 Å². The molecule has 0 saturated carbocycles. The van der Waals surface area contributed by atoms with Crippen LogP contribution >= 0.6 is 11.3 Å². The molecule has 0 saturated heterocycles. The maximum absolute atomic E-state index is 13.4. The zero-order chi connectivity index (χ0) is 22.6. The lowest BCUT2D eigenvalue weighted by Gasteiger charge is -2.13. The first-order valence-corrected chi connectivity index (χ1v) is 11.2. The van der Waals surface area contributed by atoms with E-state index in [1.807, 2.05) is 46.3 Å². The van der Waals surface area contributed by atoms with E-state index in [2.05, 4.69) is 15.3 Å². The van der Waals surface area contributed by atoms with Crippen LogP contribution in [0.3, 0.4) is 0 Å². The molecule has 5 rings (SSSR count). The zero-order valence-electron chi connectivity index (χ0n) is 17.4. The van der Waals surface area contributed by atoms with Crippen molar-refractivity contribution in [2.24, 2.45) is 0 Å². The summed E-state index contributed by atoms with van der Waals surface area (Å²) in [6.07, 6.45) is 2.83. The Hall–Kier alpha value is -3.82. The molecule has 3 aromatic heterocycles. The van der Waals surface area contributed by atoms with E-state index in [-0.39, 0.29) is 19.0 Å². The highest BCUT2D eigenvalue weighted by molar-refractivity contribution is 7.15. The summed E-state index contributed by atoms with van der Waals surface area (Å²) in [6.45, 7) is 0.366. The molecule has 33 heavy (non-hydrogen) atoms. The van der Waals surface area contributed by atoms with E-state index in [4.69, 9.17) is 9.72 Å². The molecule has 0 amide bonds. The van der Waals surface area contributed by atoms with Gasteiger partial charge in [0.2, 0.25) is 5.95 Å². The molecule has 2 N–H and O–H groups in total. The number of halogens is 1. The molecule has 0 aliphatic heterocycles. The van der Waals surface area contributed by atoms with E-state index in [0.29, 0.717) is 23.1 Å². The molecule has 0 aliphatic carbocycles. The number of benzene rings is 2. The Morgan fingerprint density at radius 2 is 1.88 bits per heavy atom. The number of anilines is 1. The minimum Gasteiger partial charge on any atom is -0.491 e. The van der Waals surface area contributed by atoms with Gasteiger partial charge in [-0.25, -0.2) is 19.3 Å². The van der Waals surface area contributed by atoms with Crippen LogP contribution in [0.4, 0.5) is 10.3 Å². The smallest absolute Gasteiger partial charge is 0.223 e. The van der Waals surface area contributed by atoms with E-state index in [1.165, 1.54) is 23.5 Å². The number of para-hydroxylation sites is 1.